The van der Waals surface area contributed by atoms with Crippen molar-refractivity contribution in [3.05, 3.63) is 0 Å². The van der Waals surface area contributed by atoms with E-state index >= 15 is 0 Å². The van der Waals surface area contributed by atoms with Gasteiger partial charge in [-0.25, -0.2) is 0 Å². The third-order valence-corrected chi connectivity index (χ3v) is 2.99. The Labute approximate surface area is 110 Å². The third-order valence-electron chi connectivity index (χ3n) is 2.99. The van der Waals surface area contributed by atoms with Gasteiger partial charge in [-0.2, -0.15) is 0 Å². The second kappa shape index (κ2) is 8.11. The first-order valence-corrected chi connectivity index (χ1v) is 6.76. The molecular weight excluding hydrogens is 232 g/mol. The van der Waals surface area contributed by atoms with Crippen LogP contribution in [0.1, 0.15) is 53.9 Å². The standard InChI is InChI=1S/C14H26O4/c1-6-9-11(4)10-14(5,12(15)17-7-2)13(16)18-8-3/h11H,6-10H2,1-5H3/t11-/m1/s1. The Hall–Kier alpha value is -1.06. The largest absolute Gasteiger partial charge is 0.465 e. The topological polar surface area (TPSA) is 52.6 Å². The zero-order valence-electron chi connectivity index (χ0n) is 12.2. The minimum absolute atomic E-state index is 0.274. The Morgan fingerprint density at radius 3 is 1.83 bits per heavy atom. The van der Waals surface area contributed by atoms with Crippen molar-refractivity contribution >= 4 is 11.9 Å². The molecule has 106 valence electrons. The first-order chi connectivity index (χ1) is 8.42. The van der Waals surface area contributed by atoms with E-state index in [1.54, 1.807) is 20.8 Å². The highest BCUT2D eigenvalue weighted by atomic mass is 16.6. The molecular formula is C14H26O4. The van der Waals surface area contributed by atoms with Crippen LogP contribution in [-0.4, -0.2) is 25.2 Å². The summed E-state index contributed by atoms with van der Waals surface area (Å²) < 4.78 is 10.0. The molecule has 0 radical (unpaired) electrons. The van der Waals surface area contributed by atoms with Gasteiger partial charge in [-0.05, 0) is 33.1 Å². The van der Waals surface area contributed by atoms with Gasteiger partial charge in [0.1, 0.15) is 0 Å². The molecule has 0 amide bonds. The first-order valence-electron chi connectivity index (χ1n) is 6.76. The van der Waals surface area contributed by atoms with Gasteiger partial charge in [0.2, 0.25) is 0 Å². The molecule has 0 aliphatic heterocycles. The average molecular weight is 258 g/mol. The number of carbonyl (C=O) groups is 2. The van der Waals surface area contributed by atoms with Gasteiger partial charge in [0.05, 0.1) is 13.2 Å². The van der Waals surface area contributed by atoms with Gasteiger partial charge in [-0.1, -0.05) is 26.7 Å². The van der Waals surface area contributed by atoms with Gasteiger partial charge >= 0.3 is 11.9 Å². The van der Waals surface area contributed by atoms with E-state index in [2.05, 4.69) is 6.92 Å². The summed E-state index contributed by atoms with van der Waals surface area (Å²) >= 11 is 0. The van der Waals surface area contributed by atoms with Crippen LogP contribution in [0, 0.1) is 11.3 Å². The van der Waals surface area contributed by atoms with Crippen LogP contribution in [0.25, 0.3) is 0 Å². The van der Waals surface area contributed by atoms with E-state index in [1.165, 1.54) is 0 Å². The fourth-order valence-electron chi connectivity index (χ4n) is 2.12. The third kappa shape index (κ3) is 4.67. The lowest BCUT2D eigenvalue weighted by Gasteiger charge is -2.27. The minimum atomic E-state index is -1.18. The minimum Gasteiger partial charge on any atom is -0.465 e. The fraction of sp³-hybridized carbons (Fsp3) is 0.857. The van der Waals surface area contributed by atoms with Crippen molar-refractivity contribution < 1.29 is 19.1 Å². The number of ether oxygens (including phenoxy) is 2. The lowest BCUT2D eigenvalue weighted by molar-refractivity contribution is -0.172. The molecule has 1 atom stereocenters. The molecule has 0 aromatic heterocycles. The normalized spacial score (nSPS) is 12.9. The van der Waals surface area contributed by atoms with Crippen molar-refractivity contribution in [3.8, 4) is 0 Å². The van der Waals surface area contributed by atoms with Crippen LogP contribution in [0.2, 0.25) is 0 Å². The molecule has 0 rings (SSSR count). The number of carbonyl (C=O) groups excluding carboxylic acids is 2. The second-order valence-electron chi connectivity index (χ2n) is 4.87. The SMILES string of the molecule is CCC[C@@H](C)CC(C)(C(=O)OCC)C(=O)OCC. The monoisotopic (exact) mass is 258 g/mol. The molecule has 0 fully saturated rings. The maximum absolute atomic E-state index is 12.0. The molecule has 0 aromatic carbocycles. The van der Waals surface area contributed by atoms with E-state index in [0.29, 0.717) is 6.42 Å². The van der Waals surface area contributed by atoms with Crippen molar-refractivity contribution in [2.24, 2.45) is 11.3 Å². The molecule has 0 bridgehead atoms. The maximum Gasteiger partial charge on any atom is 0.323 e. The van der Waals surface area contributed by atoms with E-state index < -0.39 is 17.4 Å². The van der Waals surface area contributed by atoms with Crippen LogP contribution in [0.5, 0.6) is 0 Å². The molecule has 4 nitrogen and oxygen atoms in total. The second-order valence-corrected chi connectivity index (χ2v) is 4.87. The summed E-state index contributed by atoms with van der Waals surface area (Å²) in [6, 6.07) is 0. The summed E-state index contributed by atoms with van der Waals surface area (Å²) in [5, 5.41) is 0. The van der Waals surface area contributed by atoms with E-state index in [1.807, 2.05) is 6.92 Å². The van der Waals surface area contributed by atoms with E-state index in [4.69, 9.17) is 9.47 Å². The van der Waals surface area contributed by atoms with Gasteiger partial charge in [0, 0.05) is 0 Å². The van der Waals surface area contributed by atoms with Crippen molar-refractivity contribution in [3.63, 3.8) is 0 Å². The summed E-state index contributed by atoms with van der Waals surface area (Å²) in [6.45, 7) is 9.77. The molecule has 0 aliphatic carbocycles. The molecule has 0 spiro atoms. The number of rotatable bonds is 8. The Kier molecular flexibility index (Phi) is 7.64. The van der Waals surface area contributed by atoms with Gasteiger partial charge in [0.15, 0.2) is 5.41 Å². The molecule has 0 heterocycles. The summed E-state index contributed by atoms with van der Waals surface area (Å²) in [7, 11) is 0. The van der Waals surface area contributed by atoms with E-state index in [9.17, 15) is 9.59 Å². The van der Waals surface area contributed by atoms with Crippen molar-refractivity contribution in [2.45, 2.75) is 53.9 Å². The molecule has 18 heavy (non-hydrogen) atoms. The summed E-state index contributed by atoms with van der Waals surface area (Å²) in [4.78, 5) is 24.0. The predicted molar refractivity (Wildman–Crippen MR) is 70.1 cm³/mol. The van der Waals surface area contributed by atoms with Crippen LogP contribution < -0.4 is 0 Å². The van der Waals surface area contributed by atoms with Gasteiger partial charge < -0.3 is 9.47 Å². The van der Waals surface area contributed by atoms with Crippen molar-refractivity contribution in [2.75, 3.05) is 13.2 Å². The van der Waals surface area contributed by atoms with Gasteiger partial charge in [-0.3, -0.25) is 9.59 Å². The number of hydrogen-bond acceptors (Lipinski definition) is 4. The van der Waals surface area contributed by atoms with Crippen LogP contribution in [0.3, 0.4) is 0 Å². The Bertz CT molecular complexity index is 255. The Morgan fingerprint density at radius 2 is 1.50 bits per heavy atom. The van der Waals surface area contributed by atoms with Gasteiger partial charge in [0.25, 0.3) is 0 Å². The first kappa shape index (κ1) is 16.9. The lowest BCUT2D eigenvalue weighted by Crippen LogP contribution is -2.40. The van der Waals surface area contributed by atoms with Crippen molar-refractivity contribution in [1.82, 2.24) is 0 Å². The molecule has 0 unspecified atom stereocenters. The molecule has 0 aromatic rings. The number of esters is 2. The lowest BCUT2D eigenvalue weighted by atomic mass is 9.80. The average Bonchev–Trinajstić information content (AvgIpc) is 2.29. The highest BCUT2D eigenvalue weighted by Crippen LogP contribution is 2.31. The molecule has 0 aliphatic rings. The summed E-state index contributed by atoms with van der Waals surface area (Å²) in [5.74, 6) is -0.674. The fourth-order valence-corrected chi connectivity index (χ4v) is 2.12. The van der Waals surface area contributed by atoms with Crippen molar-refractivity contribution in [1.29, 1.82) is 0 Å². The highest BCUT2D eigenvalue weighted by Gasteiger charge is 2.44. The molecule has 4 heteroatoms. The molecule has 0 saturated carbocycles. The summed E-state index contributed by atoms with van der Waals surface area (Å²) in [6.07, 6.45) is 2.48. The van der Waals surface area contributed by atoms with Crippen LogP contribution in [-0.2, 0) is 19.1 Å². The zero-order valence-corrected chi connectivity index (χ0v) is 12.2. The molecule has 0 N–H and O–H groups in total. The van der Waals surface area contributed by atoms with Crippen LogP contribution in [0.15, 0.2) is 0 Å². The number of hydrogen-bond donors (Lipinski definition) is 0. The predicted octanol–water partition coefficient (Wildman–Crippen LogP) is 2.95. The summed E-state index contributed by atoms with van der Waals surface area (Å²) in [5.41, 5.74) is -1.18. The highest BCUT2D eigenvalue weighted by molar-refractivity contribution is 5.99. The Morgan fingerprint density at radius 1 is 1.06 bits per heavy atom. The van der Waals surface area contributed by atoms with Gasteiger partial charge in [-0.15, -0.1) is 0 Å². The zero-order chi connectivity index (χ0) is 14.2. The smallest absolute Gasteiger partial charge is 0.323 e. The Balaban J connectivity index is 4.90. The van der Waals surface area contributed by atoms with Crippen LogP contribution >= 0.6 is 0 Å². The van der Waals surface area contributed by atoms with E-state index in [-0.39, 0.29) is 19.1 Å². The van der Waals surface area contributed by atoms with Crippen LogP contribution in [0.4, 0.5) is 0 Å². The maximum atomic E-state index is 12.0. The van der Waals surface area contributed by atoms with E-state index in [0.717, 1.165) is 12.8 Å². The molecule has 0 saturated heterocycles. The quantitative estimate of drug-likeness (QED) is 0.496.